The maximum Gasteiger partial charge on any atom is 0.248 e. The lowest BCUT2D eigenvalue weighted by Crippen LogP contribution is -2.10. The first-order valence-electron chi connectivity index (χ1n) is 6.37. The van der Waals surface area contributed by atoms with Gasteiger partial charge in [-0.2, -0.15) is 0 Å². The molecule has 1 amide bonds. The number of carbonyl (C=O) groups excluding carboxylic acids is 1. The van der Waals surface area contributed by atoms with Gasteiger partial charge in [0.25, 0.3) is 0 Å². The van der Waals surface area contributed by atoms with E-state index in [1.165, 1.54) is 6.08 Å². The molecule has 0 saturated heterocycles. The number of anilines is 2. The van der Waals surface area contributed by atoms with E-state index in [1.807, 2.05) is 62.3 Å². The summed E-state index contributed by atoms with van der Waals surface area (Å²) < 4.78 is 5.35. The molecule has 0 unspecified atom stereocenters. The van der Waals surface area contributed by atoms with Crippen LogP contribution >= 0.6 is 0 Å². The van der Waals surface area contributed by atoms with Gasteiger partial charge in [-0.3, -0.25) is 4.79 Å². The van der Waals surface area contributed by atoms with Gasteiger partial charge in [-0.1, -0.05) is 0 Å². The average molecular weight is 270 g/mol. The number of amides is 1. The summed E-state index contributed by atoms with van der Waals surface area (Å²) >= 11 is 0. The van der Waals surface area contributed by atoms with Gasteiger partial charge in [0, 0.05) is 31.5 Å². The molecule has 1 aromatic heterocycles. The first-order chi connectivity index (χ1) is 9.54. The molecule has 0 aliphatic heterocycles. The molecule has 2 rings (SSSR count). The van der Waals surface area contributed by atoms with Crippen molar-refractivity contribution >= 4 is 23.4 Å². The minimum Gasteiger partial charge on any atom is -0.462 e. The lowest BCUT2D eigenvalue weighted by Gasteiger charge is -2.12. The summed E-state index contributed by atoms with van der Waals surface area (Å²) in [4.78, 5) is 13.8. The zero-order valence-corrected chi connectivity index (χ0v) is 11.9. The highest BCUT2D eigenvalue weighted by molar-refractivity contribution is 6.01. The third-order valence-corrected chi connectivity index (χ3v) is 2.81. The number of aryl methyl sites for hydroxylation is 1. The number of furan rings is 1. The molecule has 0 aliphatic carbocycles. The Balaban J connectivity index is 1.95. The van der Waals surface area contributed by atoms with Gasteiger partial charge in [0.1, 0.15) is 11.5 Å². The van der Waals surface area contributed by atoms with Crippen LogP contribution in [0.15, 0.2) is 46.9 Å². The van der Waals surface area contributed by atoms with Crippen LogP contribution in [0.5, 0.6) is 0 Å². The summed E-state index contributed by atoms with van der Waals surface area (Å²) in [7, 11) is 3.95. The molecule has 0 aliphatic rings. The molecule has 0 radical (unpaired) electrons. The fourth-order valence-electron chi connectivity index (χ4n) is 1.73. The van der Waals surface area contributed by atoms with Crippen LogP contribution in [0.2, 0.25) is 0 Å². The second-order valence-corrected chi connectivity index (χ2v) is 4.71. The topological polar surface area (TPSA) is 45.5 Å². The van der Waals surface area contributed by atoms with Crippen molar-refractivity contribution < 1.29 is 9.21 Å². The highest BCUT2D eigenvalue weighted by Gasteiger charge is 2.00. The second-order valence-electron chi connectivity index (χ2n) is 4.71. The number of nitrogens with zero attached hydrogens (tertiary/aromatic N) is 1. The number of carbonyl (C=O) groups is 1. The molecular formula is C16H18N2O2. The normalized spacial score (nSPS) is 10.8. The van der Waals surface area contributed by atoms with Crippen LogP contribution in [-0.2, 0) is 4.79 Å². The van der Waals surface area contributed by atoms with Gasteiger partial charge in [-0.25, -0.2) is 0 Å². The average Bonchev–Trinajstić information content (AvgIpc) is 2.83. The fourth-order valence-corrected chi connectivity index (χ4v) is 1.73. The maximum atomic E-state index is 11.8. The van der Waals surface area contributed by atoms with E-state index in [2.05, 4.69) is 5.32 Å². The van der Waals surface area contributed by atoms with E-state index in [0.29, 0.717) is 5.76 Å². The van der Waals surface area contributed by atoms with Crippen molar-refractivity contribution in [2.24, 2.45) is 0 Å². The second kappa shape index (κ2) is 6.10. The number of nitrogens with one attached hydrogen (secondary N) is 1. The molecule has 0 saturated carbocycles. The summed E-state index contributed by atoms with van der Waals surface area (Å²) in [5, 5.41) is 2.80. The first-order valence-corrected chi connectivity index (χ1v) is 6.37. The zero-order chi connectivity index (χ0) is 14.5. The highest BCUT2D eigenvalue weighted by atomic mass is 16.3. The van der Waals surface area contributed by atoms with E-state index in [1.54, 1.807) is 6.08 Å². The van der Waals surface area contributed by atoms with Crippen molar-refractivity contribution in [3.05, 3.63) is 54.0 Å². The zero-order valence-electron chi connectivity index (χ0n) is 11.9. The largest absolute Gasteiger partial charge is 0.462 e. The van der Waals surface area contributed by atoms with E-state index in [-0.39, 0.29) is 5.91 Å². The fraction of sp³-hybridized carbons (Fsp3) is 0.188. The van der Waals surface area contributed by atoms with Crippen LogP contribution in [0.25, 0.3) is 6.08 Å². The molecule has 20 heavy (non-hydrogen) atoms. The van der Waals surface area contributed by atoms with Crippen LogP contribution in [0.3, 0.4) is 0 Å². The predicted molar refractivity (Wildman–Crippen MR) is 81.9 cm³/mol. The number of rotatable bonds is 4. The lowest BCUT2D eigenvalue weighted by atomic mass is 10.2. The third kappa shape index (κ3) is 3.75. The molecule has 0 bridgehead atoms. The standard InChI is InChI=1S/C16H18N2O2/c1-12-4-9-15(20-12)10-11-16(19)17-13-5-7-14(8-6-13)18(2)3/h4-11H,1-3H3,(H,17,19)/b11-10+. The van der Waals surface area contributed by atoms with Crippen LogP contribution in [0.1, 0.15) is 11.5 Å². The molecule has 0 fully saturated rings. The van der Waals surface area contributed by atoms with Gasteiger partial charge >= 0.3 is 0 Å². The van der Waals surface area contributed by atoms with Crippen molar-refractivity contribution in [3.8, 4) is 0 Å². The Hall–Kier alpha value is -2.49. The van der Waals surface area contributed by atoms with Crippen molar-refractivity contribution in [2.45, 2.75) is 6.92 Å². The first kappa shape index (κ1) is 13.9. The van der Waals surface area contributed by atoms with E-state index in [0.717, 1.165) is 17.1 Å². The Kier molecular flexibility index (Phi) is 4.25. The molecule has 1 aromatic carbocycles. The van der Waals surface area contributed by atoms with Crippen LogP contribution in [0.4, 0.5) is 11.4 Å². The molecule has 4 nitrogen and oxygen atoms in total. The molecule has 4 heteroatoms. The molecular weight excluding hydrogens is 252 g/mol. The van der Waals surface area contributed by atoms with E-state index >= 15 is 0 Å². The van der Waals surface area contributed by atoms with Crippen LogP contribution < -0.4 is 10.2 Å². The quantitative estimate of drug-likeness (QED) is 0.867. The Morgan fingerprint density at radius 2 is 1.85 bits per heavy atom. The molecule has 0 atom stereocenters. The van der Waals surface area contributed by atoms with Crippen molar-refractivity contribution in [2.75, 3.05) is 24.3 Å². The summed E-state index contributed by atoms with van der Waals surface area (Å²) in [5.74, 6) is 1.31. The Morgan fingerprint density at radius 1 is 1.15 bits per heavy atom. The van der Waals surface area contributed by atoms with Gasteiger partial charge in [-0.15, -0.1) is 0 Å². The molecule has 2 aromatic rings. The molecule has 104 valence electrons. The number of hydrogen-bond donors (Lipinski definition) is 1. The summed E-state index contributed by atoms with van der Waals surface area (Å²) in [6.07, 6.45) is 3.11. The molecule has 0 spiro atoms. The number of benzene rings is 1. The monoisotopic (exact) mass is 270 g/mol. The Bertz CT molecular complexity index is 610. The smallest absolute Gasteiger partial charge is 0.248 e. The minimum absolute atomic E-state index is 0.184. The van der Waals surface area contributed by atoms with E-state index < -0.39 is 0 Å². The van der Waals surface area contributed by atoms with Crippen molar-refractivity contribution in [1.82, 2.24) is 0 Å². The van der Waals surface area contributed by atoms with Gasteiger partial charge < -0.3 is 14.6 Å². The summed E-state index contributed by atoms with van der Waals surface area (Å²) in [6, 6.07) is 11.3. The number of hydrogen-bond acceptors (Lipinski definition) is 3. The summed E-state index contributed by atoms with van der Waals surface area (Å²) in [5.41, 5.74) is 1.85. The molecule has 1 N–H and O–H groups in total. The van der Waals surface area contributed by atoms with E-state index in [4.69, 9.17) is 4.42 Å². The molecule has 1 heterocycles. The van der Waals surface area contributed by atoms with Crippen molar-refractivity contribution in [3.63, 3.8) is 0 Å². The van der Waals surface area contributed by atoms with E-state index in [9.17, 15) is 4.79 Å². The predicted octanol–water partition coefficient (Wildman–Crippen LogP) is 3.31. The van der Waals surface area contributed by atoms with Gasteiger partial charge in [0.15, 0.2) is 0 Å². The van der Waals surface area contributed by atoms with Gasteiger partial charge in [-0.05, 0) is 49.4 Å². The third-order valence-electron chi connectivity index (χ3n) is 2.81. The van der Waals surface area contributed by atoms with Gasteiger partial charge in [0.2, 0.25) is 5.91 Å². The summed E-state index contributed by atoms with van der Waals surface area (Å²) in [6.45, 7) is 1.86. The van der Waals surface area contributed by atoms with Crippen molar-refractivity contribution in [1.29, 1.82) is 0 Å². The Morgan fingerprint density at radius 3 is 2.40 bits per heavy atom. The Labute approximate surface area is 118 Å². The maximum absolute atomic E-state index is 11.8. The van der Waals surface area contributed by atoms with Crippen LogP contribution in [0, 0.1) is 6.92 Å². The van der Waals surface area contributed by atoms with Crippen LogP contribution in [-0.4, -0.2) is 20.0 Å². The lowest BCUT2D eigenvalue weighted by molar-refractivity contribution is -0.111. The SMILES string of the molecule is Cc1ccc(/C=C/C(=O)Nc2ccc(N(C)C)cc2)o1. The van der Waals surface area contributed by atoms with Gasteiger partial charge in [0.05, 0.1) is 0 Å². The highest BCUT2D eigenvalue weighted by Crippen LogP contribution is 2.15. The minimum atomic E-state index is -0.184.